The largest absolute Gasteiger partial charge is 0.359 e. The molecule has 5 aliphatic rings. The lowest BCUT2D eigenvalue weighted by Crippen LogP contribution is -2.92. The maximum absolute atomic E-state index is 12.8. The third-order valence-electron chi connectivity index (χ3n) is 10.6. The Hall–Kier alpha value is -1.86. The van der Waals surface area contributed by atoms with E-state index in [0.29, 0.717) is 24.1 Å². The molecule has 3 atom stereocenters. The number of carbonyl (C=O) groups excluding carboxylic acids is 3. The lowest BCUT2D eigenvalue weighted by atomic mass is 9.15. The number of fused-ring (bicyclic) bond motifs is 1. The first-order valence-electron chi connectivity index (χ1n) is 14.5. The molecule has 4 fully saturated rings. The van der Waals surface area contributed by atoms with Gasteiger partial charge in [0.25, 0.3) is 5.91 Å². The van der Waals surface area contributed by atoms with Crippen LogP contribution in [0.1, 0.15) is 86.6 Å². The topological polar surface area (TPSA) is 78.5 Å². The molecule has 37 heavy (non-hydrogen) atoms. The minimum Gasteiger partial charge on any atom is -0.359 e. The summed E-state index contributed by atoms with van der Waals surface area (Å²) >= 11 is 1.86. The Morgan fingerprint density at radius 3 is 2.59 bits per heavy atom. The van der Waals surface area contributed by atoms with Crippen LogP contribution in [0.3, 0.4) is 0 Å². The van der Waals surface area contributed by atoms with Crippen LogP contribution in [-0.2, 0) is 16.1 Å². The summed E-state index contributed by atoms with van der Waals surface area (Å²) in [5.41, 5.74) is 3.05. The highest BCUT2D eigenvalue weighted by Gasteiger charge is 2.87. The number of hydrogen-bond acceptors (Lipinski definition) is 5. The Bertz CT molecular complexity index is 1050. The van der Waals surface area contributed by atoms with Gasteiger partial charge in [0.1, 0.15) is 6.29 Å². The number of rotatable bonds is 15. The zero-order valence-electron chi connectivity index (χ0n) is 22.1. The maximum atomic E-state index is 12.8. The molecule has 3 unspecified atom stereocenters. The van der Waals surface area contributed by atoms with Crippen molar-refractivity contribution in [2.24, 2.45) is 23.2 Å². The summed E-state index contributed by atoms with van der Waals surface area (Å²) in [7, 11) is 1.58. The van der Waals surface area contributed by atoms with E-state index < -0.39 is 6.04 Å². The molecule has 4 aliphatic carbocycles. The SMILES string of the molecule is CNC(=O)CCC(C=O)N1Cc2cc(SCCCCCCCNC34CC5CC6CC(C3)C654)ccc2C1=O. The average Bonchev–Trinajstić information content (AvgIpc) is 3.18. The summed E-state index contributed by atoms with van der Waals surface area (Å²) in [6.07, 6.45) is 13.8. The van der Waals surface area contributed by atoms with Crippen LogP contribution in [0.2, 0.25) is 0 Å². The van der Waals surface area contributed by atoms with E-state index in [1.54, 1.807) is 24.8 Å². The molecule has 1 heterocycles. The number of unbranched alkanes of at least 4 members (excludes halogenated alkanes) is 4. The first kappa shape index (κ1) is 25.4. The second-order valence-electron chi connectivity index (χ2n) is 12.2. The predicted octanol–water partition coefficient (Wildman–Crippen LogP) is 4.56. The van der Waals surface area contributed by atoms with Gasteiger partial charge >= 0.3 is 0 Å². The molecule has 6 nitrogen and oxygen atoms in total. The molecular formula is C30H41N3O3S. The summed E-state index contributed by atoms with van der Waals surface area (Å²) in [5, 5.41) is 6.59. The van der Waals surface area contributed by atoms with Crippen molar-refractivity contribution in [3.63, 3.8) is 0 Å². The third kappa shape index (κ3) is 3.98. The number of hydrogen-bond donors (Lipinski definition) is 2. The molecule has 2 amide bonds. The summed E-state index contributed by atoms with van der Waals surface area (Å²) in [6.45, 7) is 1.66. The van der Waals surface area contributed by atoms with E-state index in [1.165, 1.54) is 56.4 Å². The van der Waals surface area contributed by atoms with Gasteiger partial charge in [-0.2, -0.15) is 0 Å². The number of amides is 2. The van der Waals surface area contributed by atoms with E-state index in [9.17, 15) is 14.4 Å². The van der Waals surface area contributed by atoms with Crippen LogP contribution in [0.25, 0.3) is 0 Å². The maximum Gasteiger partial charge on any atom is 0.255 e. The fourth-order valence-corrected chi connectivity index (χ4v) is 9.86. The minimum absolute atomic E-state index is 0.108. The van der Waals surface area contributed by atoms with Crippen molar-refractivity contribution in [2.45, 2.75) is 93.7 Å². The lowest BCUT2D eigenvalue weighted by Gasteiger charge is -2.91. The normalized spacial score (nSPS) is 32.6. The Morgan fingerprint density at radius 2 is 1.89 bits per heavy atom. The van der Waals surface area contributed by atoms with Crippen LogP contribution >= 0.6 is 11.8 Å². The number of carbonyl (C=O) groups is 3. The fraction of sp³-hybridized carbons (Fsp3) is 0.700. The van der Waals surface area contributed by atoms with Crippen molar-refractivity contribution >= 4 is 29.9 Å². The average molecular weight is 524 g/mol. The second-order valence-corrected chi connectivity index (χ2v) is 13.4. The van der Waals surface area contributed by atoms with E-state index in [-0.39, 0.29) is 18.2 Å². The van der Waals surface area contributed by atoms with Gasteiger partial charge in [-0.1, -0.05) is 19.3 Å². The first-order valence-corrected chi connectivity index (χ1v) is 15.5. The van der Waals surface area contributed by atoms with Gasteiger partial charge in [-0.25, -0.2) is 0 Å². The van der Waals surface area contributed by atoms with Crippen LogP contribution in [0.4, 0.5) is 0 Å². The Kier molecular flexibility index (Phi) is 6.89. The van der Waals surface area contributed by atoms with Gasteiger partial charge in [-0.15, -0.1) is 11.8 Å². The fourth-order valence-electron chi connectivity index (χ4n) is 8.89. The van der Waals surface area contributed by atoms with Crippen molar-refractivity contribution in [3.8, 4) is 0 Å². The molecular weight excluding hydrogens is 482 g/mol. The van der Waals surface area contributed by atoms with Crippen LogP contribution in [-0.4, -0.2) is 53.9 Å². The van der Waals surface area contributed by atoms with E-state index in [2.05, 4.69) is 16.7 Å². The number of aldehydes is 1. The van der Waals surface area contributed by atoms with Crippen molar-refractivity contribution < 1.29 is 14.4 Å². The molecule has 0 aromatic heterocycles. The molecule has 1 aliphatic heterocycles. The third-order valence-corrected chi connectivity index (χ3v) is 11.7. The molecule has 2 N–H and O–H groups in total. The molecule has 1 aromatic carbocycles. The second kappa shape index (κ2) is 10.0. The highest BCUT2D eigenvalue weighted by atomic mass is 32.2. The molecule has 0 bridgehead atoms. The molecule has 7 heteroatoms. The number of nitrogens with zero attached hydrogens (tertiary/aromatic N) is 1. The van der Waals surface area contributed by atoms with Gasteiger partial charge < -0.3 is 20.3 Å². The molecule has 1 spiro atoms. The summed E-state index contributed by atoms with van der Waals surface area (Å²) < 4.78 is 0. The molecule has 1 aromatic rings. The van der Waals surface area contributed by atoms with E-state index in [0.717, 1.165) is 40.8 Å². The molecule has 0 saturated heterocycles. The molecule has 200 valence electrons. The Balaban J connectivity index is 0.861. The zero-order chi connectivity index (χ0) is 25.6. The van der Waals surface area contributed by atoms with Gasteiger partial charge in [0.2, 0.25) is 5.91 Å². The lowest BCUT2D eigenvalue weighted by molar-refractivity contribution is -0.397. The first-order chi connectivity index (χ1) is 18.0. The van der Waals surface area contributed by atoms with E-state index >= 15 is 0 Å². The van der Waals surface area contributed by atoms with E-state index in [4.69, 9.17) is 0 Å². The predicted molar refractivity (Wildman–Crippen MR) is 145 cm³/mol. The van der Waals surface area contributed by atoms with Crippen molar-refractivity contribution in [1.29, 1.82) is 0 Å². The van der Waals surface area contributed by atoms with Crippen LogP contribution < -0.4 is 10.6 Å². The molecule has 0 radical (unpaired) electrons. The van der Waals surface area contributed by atoms with Gasteiger partial charge in [0.15, 0.2) is 0 Å². The zero-order valence-corrected chi connectivity index (χ0v) is 22.9. The summed E-state index contributed by atoms with van der Waals surface area (Å²) in [5.74, 6) is 4.14. The van der Waals surface area contributed by atoms with Crippen molar-refractivity contribution in [1.82, 2.24) is 15.5 Å². The highest BCUT2D eigenvalue weighted by molar-refractivity contribution is 7.99. The summed E-state index contributed by atoms with van der Waals surface area (Å²) in [4.78, 5) is 38.8. The Labute approximate surface area is 225 Å². The van der Waals surface area contributed by atoms with Crippen LogP contribution in [0.5, 0.6) is 0 Å². The summed E-state index contributed by atoms with van der Waals surface area (Å²) in [6, 6.07) is 5.47. The number of nitrogens with one attached hydrogen (secondary N) is 2. The molecule has 4 saturated carbocycles. The highest BCUT2D eigenvalue weighted by Crippen LogP contribution is 2.89. The van der Waals surface area contributed by atoms with E-state index in [1.807, 2.05) is 23.9 Å². The number of benzene rings is 1. The Morgan fingerprint density at radius 1 is 1.14 bits per heavy atom. The van der Waals surface area contributed by atoms with Crippen LogP contribution in [0, 0.1) is 23.2 Å². The quantitative estimate of drug-likeness (QED) is 0.200. The van der Waals surface area contributed by atoms with Gasteiger partial charge in [-0.05, 0) is 104 Å². The number of thioether (sulfide) groups is 1. The van der Waals surface area contributed by atoms with Gasteiger partial charge in [0, 0.05) is 36.0 Å². The van der Waals surface area contributed by atoms with Crippen LogP contribution in [0.15, 0.2) is 23.1 Å². The molecule has 6 rings (SSSR count). The van der Waals surface area contributed by atoms with Gasteiger partial charge in [-0.3, -0.25) is 9.59 Å². The van der Waals surface area contributed by atoms with Crippen molar-refractivity contribution in [2.75, 3.05) is 19.3 Å². The smallest absolute Gasteiger partial charge is 0.255 e. The monoisotopic (exact) mass is 523 g/mol. The van der Waals surface area contributed by atoms with Gasteiger partial charge in [0.05, 0.1) is 6.04 Å². The van der Waals surface area contributed by atoms with Crippen molar-refractivity contribution in [3.05, 3.63) is 29.3 Å². The minimum atomic E-state index is -0.563. The standard InChI is InChI=1S/C30H41N3O3S/c1-31-27(35)10-7-24(19-34)33-18-20-13-25(8-9-26(20)28(33)36)37-12-6-4-2-3-5-11-32-29-16-22-14-21-15-23(17-29)30(21,22)29/h8-9,13,19,21-24,32H,2-7,10-12,14-18H2,1H3,(H,31,35).